The Hall–Kier alpha value is -1.38. The lowest BCUT2D eigenvalue weighted by Crippen LogP contribution is -2.25. The maximum atomic E-state index is 9.13. The predicted molar refractivity (Wildman–Crippen MR) is 65.2 cm³/mol. The molecule has 0 unspecified atom stereocenters. The summed E-state index contributed by atoms with van der Waals surface area (Å²) in [5.74, 6) is 0. The van der Waals surface area contributed by atoms with Crippen molar-refractivity contribution in [2.45, 2.75) is 5.03 Å². The van der Waals surface area contributed by atoms with E-state index in [9.17, 15) is 0 Å². The van der Waals surface area contributed by atoms with Crippen LogP contribution in [0.4, 0.5) is 0 Å². The first-order valence-electron chi connectivity index (χ1n) is 4.65. The molecule has 0 fully saturated rings. The van der Waals surface area contributed by atoms with Gasteiger partial charge in [-0.2, -0.15) is 9.64 Å². The number of nitrogens with zero attached hydrogens (tertiary/aromatic N) is 3. The van der Waals surface area contributed by atoms with Crippen LogP contribution in [-0.4, -0.2) is 10.6 Å². The van der Waals surface area contributed by atoms with Crippen molar-refractivity contribution in [3.05, 3.63) is 30.1 Å². The topological polar surface area (TPSA) is 40.6 Å². The van der Waals surface area contributed by atoms with Crippen molar-refractivity contribution < 1.29 is 4.57 Å². The first kappa shape index (κ1) is 11.1. The number of hydrogen-bond acceptors (Lipinski definition) is 4. The van der Waals surface area contributed by atoms with Gasteiger partial charge in [0.05, 0.1) is 4.88 Å². The minimum atomic E-state index is 0.686. The molecule has 3 nitrogen and oxygen atoms in total. The van der Waals surface area contributed by atoms with Gasteiger partial charge in [-0.05, 0) is 17.8 Å². The van der Waals surface area contributed by atoms with Gasteiger partial charge in [0.25, 0.3) is 0 Å². The van der Waals surface area contributed by atoms with Crippen molar-refractivity contribution in [2.24, 2.45) is 7.05 Å². The zero-order valence-corrected chi connectivity index (χ0v) is 10.6. The highest BCUT2D eigenvalue weighted by Crippen LogP contribution is 2.33. The highest BCUT2D eigenvalue weighted by molar-refractivity contribution is 7.98. The molecule has 0 saturated carbocycles. The molecular formula is C11H10N3S2+. The smallest absolute Gasteiger partial charge is 0.169 e. The van der Waals surface area contributed by atoms with Crippen LogP contribution in [0.3, 0.4) is 0 Å². The van der Waals surface area contributed by atoms with Gasteiger partial charge < -0.3 is 0 Å². The van der Waals surface area contributed by atoms with Crippen LogP contribution in [-0.2, 0) is 7.05 Å². The van der Waals surface area contributed by atoms with Crippen molar-refractivity contribution in [3.63, 3.8) is 0 Å². The van der Waals surface area contributed by atoms with E-state index in [4.69, 9.17) is 5.26 Å². The third-order valence-electron chi connectivity index (χ3n) is 2.21. The predicted octanol–water partition coefficient (Wildman–Crippen LogP) is 2.23. The van der Waals surface area contributed by atoms with Gasteiger partial charge in [-0.3, -0.25) is 0 Å². The summed E-state index contributed by atoms with van der Waals surface area (Å²) in [5, 5.41) is 9.95. The Bertz CT molecular complexity index is 537. The molecular weight excluding hydrogens is 238 g/mol. The van der Waals surface area contributed by atoms with Gasteiger partial charge >= 0.3 is 0 Å². The van der Waals surface area contributed by atoms with Gasteiger partial charge in [-0.1, -0.05) is 0 Å². The number of nitriles is 1. The van der Waals surface area contributed by atoms with Crippen LogP contribution in [0.1, 0.15) is 5.56 Å². The highest BCUT2D eigenvalue weighted by Gasteiger charge is 2.14. The Balaban J connectivity index is 2.52. The van der Waals surface area contributed by atoms with Crippen molar-refractivity contribution in [1.82, 2.24) is 4.37 Å². The number of rotatable bonds is 2. The standard InChI is InChI=1S/C11H10N3S2/c1-14-5-3-8(4-6-14)10-9(7-12)11(15-2)13-16-10/h3-6H,1-2H3/q+1. The van der Waals surface area contributed by atoms with Gasteiger partial charge in [0.15, 0.2) is 12.4 Å². The molecule has 2 aromatic rings. The Morgan fingerprint density at radius 1 is 1.44 bits per heavy atom. The fraction of sp³-hybridized carbons (Fsp3) is 0.182. The van der Waals surface area contributed by atoms with Crippen LogP contribution in [0.2, 0.25) is 0 Å². The Morgan fingerprint density at radius 3 is 2.69 bits per heavy atom. The Labute approximate surface area is 103 Å². The third-order valence-corrected chi connectivity index (χ3v) is 3.90. The summed E-state index contributed by atoms with van der Waals surface area (Å²) >= 11 is 2.89. The highest BCUT2D eigenvalue weighted by atomic mass is 32.2. The fourth-order valence-electron chi connectivity index (χ4n) is 1.36. The third kappa shape index (κ3) is 1.94. The summed E-state index contributed by atoms with van der Waals surface area (Å²) in [6.07, 6.45) is 5.87. The van der Waals surface area contributed by atoms with Crippen molar-refractivity contribution in [1.29, 1.82) is 5.26 Å². The average molecular weight is 248 g/mol. The van der Waals surface area contributed by atoms with Crippen LogP contribution in [0.5, 0.6) is 0 Å². The first-order valence-corrected chi connectivity index (χ1v) is 6.65. The summed E-state index contributed by atoms with van der Waals surface area (Å²) in [6.45, 7) is 0. The minimum absolute atomic E-state index is 0.686. The Kier molecular flexibility index (Phi) is 3.22. The van der Waals surface area contributed by atoms with Crippen molar-refractivity contribution >= 4 is 23.3 Å². The molecule has 0 aliphatic rings. The normalized spacial score (nSPS) is 10.1. The van der Waals surface area contributed by atoms with E-state index < -0.39 is 0 Å². The van der Waals surface area contributed by atoms with Crippen LogP contribution in [0, 0.1) is 11.3 Å². The lowest BCUT2D eigenvalue weighted by Gasteiger charge is -1.95. The molecule has 0 aliphatic carbocycles. The molecule has 0 radical (unpaired) electrons. The summed E-state index contributed by atoms with van der Waals surface area (Å²) in [7, 11) is 1.97. The monoisotopic (exact) mass is 248 g/mol. The zero-order valence-electron chi connectivity index (χ0n) is 8.97. The molecule has 2 aromatic heterocycles. The molecule has 16 heavy (non-hydrogen) atoms. The molecule has 0 saturated heterocycles. The summed E-state index contributed by atoms with van der Waals surface area (Å²) in [6, 6.07) is 6.23. The molecule has 0 atom stereocenters. The van der Waals surface area contributed by atoms with E-state index in [1.165, 1.54) is 23.3 Å². The van der Waals surface area contributed by atoms with Crippen LogP contribution >= 0.6 is 23.3 Å². The number of aryl methyl sites for hydroxylation is 1. The molecule has 2 heterocycles. The second-order valence-electron chi connectivity index (χ2n) is 3.26. The number of aromatic nitrogens is 2. The molecule has 5 heteroatoms. The van der Waals surface area contributed by atoms with Gasteiger partial charge in [0.2, 0.25) is 0 Å². The number of pyridine rings is 1. The van der Waals surface area contributed by atoms with E-state index in [1.54, 1.807) is 0 Å². The van der Waals surface area contributed by atoms with Crippen LogP contribution in [0.25, 0.3) is 10.4 Å². The van der Waals surface area contributed by atoms with Gasteiger partial charge in [0, 0.05) is 17.7 Å². The fourth-order valence-corrected chi connectivity index (χ4v) is 2.93. The first-order chi connectivity index (χ1) is 7.76. The number of thioether (sulfide) groups is 1. The van der Waals surface area contributed by atoms with E-state index in [0.29, 0.717) is 5.56 Å². The SMILES string of the molecule is CSc1nsc(-c2cc[n+](C)cc2)c1C#N. The molecule has 0 spiro atoms. The summed E-state index contributed by atoms with van der Waals surface area (Å²) < 4.78 is 6.24. The molecule has 0 amide bonds. The van der Waals surface area contributed by atoms with Gasteiger partial charge in [-0.15, -0.1) is 11.8 Å². The summed E-state index contributed by atoms with van der Waals surface area (Å²) in [4.78, 5) is 0.951. The molecule has 0 aromatic carbocycles. The average Bonchev–Trinajstić information content (AvgIpc) is 2.72. The van der Waals surface area contributed by atoms with E-state index in [-0.39, 0.29) is 0 Å². The lowest BCUT2D eigenvalue weighted by molar-refractivity contribution is -0.671. The van der Waals surface area contributed by atoms with Crippen molar-refractivity contribution in [3.8, 4) is 16.5 Å². The maximum Gasteiger partial charge on any atom is 0.169 e. The largest absolute Gasteiger partial charge is 0.208 e. The van der Waals surface area contributed by atoms with Crippen molar-refractivity contribution in [2.75, 3.05) is 6.26 Å². The molecule has 80 valence electrons. The van der Waals surface area contributed by atoms with E-state index >= 15 is 0 Å². The quantitative estimate of drug-likeness (QED) is 0.604. The van der Waals surface area contributed by atoms with E-state index in [1.807, 2.05) is 42.4 Å². The second-order valence-corrected chi connectivity index (χ2v) is 4.83. The Morgan fingerprint density at radius 2 is 2.12 bits per heavy atom. The van der Waals surface area contributed by atoms with E-state index in [0.717, 1.165) is 15.5 Å². The molecule has 0 bridgehead atoms. The molecule has 0 aliphatic heterocycles. The molecule has 2 rings (SSSR count). The second kappa shape index (κ2) is 4.64. The van der Waals surface area contributed by atoms with Crippen LogP contribution in [0.15, 0.2) is 29.6 Å². The number of hydrogen-bond donors (Lipinski definition) is 0. The van der Waals surface area contributed by atoms with Gasteiger partial charge in [-0.25, -0.2) is 4.57 Å². The zero-order chi connectivity index (χ0) is 11.5. The maximum absolute atomic E-state index is 9.13. The van der Waals surface area contributed by atoms with Gasteiger partial charge in [0.1, 0.15) is 23.7 Å². The minimum Gasteiger partial charge on any atom is -0.208 e. The lowest BCUT2D eigenvalue weighted by atomic mass is 10.1. The van der Waals surface area contributed by atoms with E-state index in [2.05, 4.69) is 10.4 Å². The van der Waals surface area contributed by atoms with Crippen LogP contribution < -0.4 is 4.57 Å². The molecule has 0 N–H and O–H groups in total. The summed E-state index contributed by atoms with van der Waals surface area (Å²) in [5.41, 5.74) is 1.74.